The number of nitrogens with one attached hydrogen (secondary N) is 1. The highest BCUT2D eigenvalue weighted by molar-refractivity contribution is 5.92. The number of carboxylic acids is 1. The van der Waals surface area contributed by atoms with E-state index in [1.165, 1.54) is 6.07 Å². The van der Waals surface area contributed by atoms with Crippen LogP contribution in [0.25, 0.3) is 0 Å². The molecule has 0 radical (unpaired) electrons. The number of hydrogen-bond donors (Lipinski definition) is 2. The van der Waals surface area contributed by atoms with Gasteiger partial charge in [-0.05, 0) is 31.5 Å². The zero-order chi connectivity index (χ0) is 14.7. The Labute approximate surface area is 114 Å². The summed E-state index contributed by atoms with van der Waals surface area (Å²) in [7, 11) is 0. The third-order valence-electron chi connectivity index (χ3n) is 3.20. The molecule has 7 heteroatoms. The topological polar surface area (TPSA) is 69.6 Å². The number of hydrogen-bond acceptors (Lipinski definition) is 3. The first-order valence-electron chi connectivity index (χ1n) is 6.19. The van der Waals surface area contributed by atoms with Crippen molar-refractivity contribution >= 4 is 17.6 Å². The maximum absolute atomic E-state index is 13.0. The van der Waals surface area contributed by atoms with Crippen molar-refractivity contribution < 1.29 is 23.5 Å². The van der Waals surface area contributed by atoms with E-state index in [2.05, 4.69) is 5.32 Å². The average molecular weight is 284 g/mol. The van der Waals surface area contributed by atoms with Crippen LogP contribution in [-0.4, -0.2) is 41.0 Å². The molecule has 1 fully saturated rings. The third-order valence-corrected chi connectivity index (χ3v) is 3.20. The Morgan fingerprint density at radius 1 is 1.35 bits per heavy atom. The number of rotatable bonds is 4. The van der Waals surface area contributed by atoms with Crippen LogP contribution in [0.2, 0.25) is 0 Å². The zero-order valence-electron chi connectivity index (χ0n) is 10.6. The molecule has 5 nitrogen and oxygen atoms in total. The van der Waals surface area contributed by atoms with Crippen LogP contribution in [0.1, 0.15) is 12.8 Å². The fourth-order valence-electron chi connectivity index (χ4n) is 2.25. The fourth-order valence-corrected chi connectivity index (χ4v) is 2.25. The van der Waals surface area contributed by atoms with Gasteiger partial charge in [-0.25, -0.2) is 8.78 Å². The smallest absolute Gasteiger partial charge is 0.320 e. The van der Waals surface area contributed by atoms with Gasteiger partial charge in [0.25, 0.3) is 0 Å². The van der Waals surface area contributed by atoms with Gasteiger partial charge in [-0.15, -0.1) is 0 Å². The normalized spacial score (nSPS) is 19.0. The van der Waals surface area contributed by atoms with Gasteiger partial charge in [0, 0.05) is 11.8 Å². The van der Waals surface area contributed by atoms with Gasteiger partial charge in [0.1, 0.15) is 6.04 Å². The average Bonchev–Trinajstić information content (AvgIpc) is 2.82. The van der Waals surface area contributed by atoms with Crippen LogP contribution in [0, 0.1) is 11.6 Å². The molecule has 0 saturated carbocycles. The van der Waals surface area contributed by atoms with E-state index >= 15 is 0 Å². The highest BCUT2D eigenvalue weighted by Gasteiger charge is 2.31. The number of likely N-dealkylation sites (tertiary alicyclic amines) is 1. The third kappa shape index (κ3) is 3.30. The van der Waals surface area contributed by atoms with Gasteiger partial charge in [0.05, 0.1) is 6.54 Å². The second-order valence-electron chi connectivity index (χ2n) is 4.64. The monoisotopic (exact) mass is 284 g/mol. The molecule has 0 aromatic heterocycles. The summed E-state index contributed by atoms with van der Waals surface area (Å²) < 4.78 is 25.7. The molecule has 1 atom stereocenters. The summed E-state index contributed by atoms with van der Waals surface area (Å²) in [6.45, 7) is 0.443. The lowest BCUT2D eigenvalue weighted by molar-refractivity contribution is -0.142. The van der Waals surface area contributed by atoms with Crippen LogP contribution >= 0.6 is 0 Å². The van der Waals surface area contributed by atoms with Crippen molar-refractivity contribution in [2.24, 2.45) is 0 Å². The Balaban J connectivity index is 1.95. The number of carbonyl (C=O) groups is 2. The van der Waals surface area contributed by atoms with Gasteiger partial charge >= 0.3 is 5.97 Å². The highest BCUT2D eigenvalue weighted by Crippen LogP contribution is 2.18. The summed E-state index contributed by atoms with van der Waals surface area (Å²) in [6.07, 6.45) is 1.23. The molecule has 2 rings (SSSR count). The molecule has 1 aliphatic heterocycles. The first-order chi connectivity index (χ1) is 9.47. The van der Waals surface area contributed by atoms with Crippen molar-refractivity contribution in [1.82, 2.24) is 4.90 Å². The largest absolute Gasteiger partial charge is 0.480 e. The maximum Gasteiger partial charge on any atom is 0.320 e. The Morgan fingerprint density at radius 2 is 2.10 bits per heavy atom. The van der Waals surface area contributed by atoms with E-state index in [0.29, 0.717) is 13.0 Å². The lowest BCUT2D eigenvalue weighted by Crippen LogP contribution is -2.40. The highest BCUT2D eigenvalue weighted by atomic mass is 19.2. The SMILES string of the molecule is O=C(CN1CCC[C@@H]1C(=O)O)Nc1ccc(F)c(F)c1. The van der Waals surface area contributed by atoms with Gasteiger partial charge in [-0.1, -0.05) is 0 Å². The molecule has 1 saturated heterocycles. The first kappa shape index (κ1) is 14.4. The summed E-state index contributed by atoms with van der Waals surface area (Å²) >= 11 is 0. The van der Waals surface area contributed by atoms with E-state index in [0.717, 1.165) is 18.6 Å². The molecule has 1 heterocycles. The minimum atomic E-state index is -1.05. The quantitative estimate of drug-likeness (QED) is 0.878. The van der Waals surface area contributed by atoms with E-state index < -0.39 is 29.6 Å². The molecule has 1 aromatic rings. The van der Waals surface area contributed by atoms with Gasteiger partial charge in [0.2, 0.25) is 5.91 Å². The molecular formula is C13H14F2N2O3. The molecule has 0 bridgehead atoms. The molecule has 1 amide bonds. The van der Waals surface area contributed by atoms with Crippen LogP contribution < -0.4 is 5.32 Å². The summed E-state index contributed by atoms with van der Waals surface area (Å²) in [5.41, 5.74) is 0.139. The number of benzene rings is 1. The van der Waals surface area contributed by atoms with Crippen LogP contribution in [0.3, 0.4) is 0 Å². The second-order valence-corrected chi connectivity index (χ2v) is 4.64. The summed E-state index contributed by atoms with van der Waals surface area (Å²) in [4.78, 5) is 24.3. The molecule has 108 valence electrons. The minimum absolute atomic E-state index is 0.0873. The fraction of sp³-hybridized carbons (Fsp3) is 0.385. The predicted octanol–water partition coefficient (Wildman–Crippen LogP) is 1.45. The van der Waals surface area contributed by atoms with Crippen molar-refractivity contribution in [1.29, 1.82) is 0 Å². The molecule has 0 aliphatic carbocycles. The van der Waals surface area contributed by atoms with E-state index in [1.807, 2.05) is 0 Å². The number of anilines is 1. The molecule has 1 aromatic carbocycles. The van der Waals surface area contributed by atoms with Gasteiger partial charge in [-0.3, -0.25) is 14.5 Å². The molecule has 1 aliphatic rings. The lowest BCUT2D eigenvalue weighted by Gasteiger charge is -2.20. The Kier molecular flexibility index (Phi) is 4.29. The van der Waals surface area contributed by atoms with Crippen molar-refractivity contribution in [2.45, 2.75) is 18.9 Å². The molecular weight excluding hydrogens is 270 g/mol. The second kappa shape index (κ2) is 5.96. The van der Waals surface area contributed by atoms with Crippen molar-refractivity contribution in [3.63, 3.8) is 0 Å². The van der Waals surface area contributed by atoms with Crippen LogP contribution in [0.5, 0.6) is 0 Å². The van der Waals surface area contributed by atoms with Crippen molar-refractivity contribution in [3.05, 3.63) is 29.8 Å². The zero-order valence-corrected chi connectivity index (χ0v) is 10.6. The van der Waals surface area contributed by atoms with E-state index in [9.17, 15) is 18.4 Å². The Hall–Kier alpha value is -2.02. The number of nitrogens with zero attached hydrogens (tertiary/aromatic N) is 1. The number of halogens is 2. The van der Waals surface area contributed by atoms with E-state index in [1.54, 1.807) is 4.90 Å². The number of aliphatic carboxylic acids is 1. The van der Waals surface area contributed by atoms with Crippen LogP contribution in [0.4, 0.5) is 14.5 Å². The number of carbonyl (C=O) groups excluding carboxylic acids is 1. The molecule has 0 unspecified atom stereocenters. The van der Waals surface area contributed by atoms with Crippen LogP contribution in [-0.2, 0) is 9.59 Å². The van der Waals surface area contributed by atoms with Gasteiger partial charge < -0.3 is 10.4 Å². The van der Waals surface area contributed by atoms with Gasteiger partial charge in [0.15, 0.2) is 11.6 Å². The summed E-state index contributed by atoms with van der Waals surface area (Å²) in [5, 5.41) is 11.4. The van der Waals surface area contributed by atoms with Crippen LogP contribution in [0.15, 0.2) is 18.2 Å². The molecule has 2 N–H and O–H groups in total. The summed E-state index contributed by atoms with van der Waals surface area (Å²) in [6, 6.07) is 2.38. The number of carboxylic acid groups (broad SMARTS) is 1. The summed E-state index contributed by atoms with van der Waals surface area (Å²) in [5.74, 6) is -3.45. The standard InChI is InChI=1S/C13H14F2N2O3/c14-9-4-3-8(6-10(9)15)16-12(18)7-17-5-1-2-11(17)13(19)20/h3-4,6,11H,1-2,5,7H2,(H,16,18)(H,19,20)/t11-/m1/s1. The van der Waals surface area contributed by atoms with Gasteiger partial charge in [-0.2, -0.15) is 0 Å². The molecule has 0 spiro atoms. The lowest BCUT2D eigenvalue weighted by atomic mass is 10.2. The maximum atomic E-state index is 13.0. The van der Waals surface area contributed by atoms with E-state index in [-0.39, 0.29) is 12.2 Å². The Bertz CT molecular complexity index is 536. The Morgan fingerprint density at radius 3 is 2.75 bits per heavy atom. The van der Waals surface area contributed by atoms with Crippen molar-refractivity contribution in [2.75, 3.05) is 18.4 Å². The first-order valence-corrected chi connectivity index (χ1v) is 6.19. The molecule has 20 heavy (non-hydrogen) atoms. The number of amides is 1. The predicted molar refractivity (Wildman–Crippen MR) is 67.2 cm³/mol. The van der Waals surface area contributed by atoms with E-state index in [4.69, 9.17) is 5.11 Å². The van der Waals surface area contributed by atoms with Crippen molar-refractivity contribution in [3.8, 4) is 0 Å². The minimum Gasteiger partial charge on any atom is -0.480 e.